The summed E-state index contributed by atoms with van der Waals surface area (Å²) in [5.74, 6) is 2.46. The van der Waals surface area contributed by atoms with Gasteiger partial charge in [-0.1, -0.05) is 11.6 Å². The van der Waals surface area contributed by atoms with Crippen LogP contribution in [0.1, 0.15) is 31.7 Å². The topological polar surface area (TPSA) is 110 Å². The third-order valence-corrected chi connectivity index (χ3v) is 10.7. The van der Waals surface area contributed by atoms with Crippen molar-refractivity contribution >= 4 is 52.9 Å². The molecule has 3 aliphatic heterocycles. The van der Waals surface area contributed by atoms with Crippen LogP contribution in [-0.4, -0.2) is 93.5 Å². The van der Waals surface area contributed by atoms with E-state index in [0.717, 1.165) is 63.3 Å². The van der Waals surface area contributed by atoms with Crippen molar-refractivity contribution in [3.05, 3.63) is 41.0 Å². The number of nitrogens with zero attached hydrogens (tertiary/aromatic N) is 4. The quantitative estimate of drug-likeness (QED) is 0.247. The summed E-state index contributed by atoms with van der Waals surface area (Å²) < 4.78 is 36.7. The Bertz CT molecular complexity index is 1610. The maximum absolute atomic E-state index is 13.4. The van der Waals surface area contributed by atoms with Crippen molar-refractivity contribution in [3.63, 3.8) is 0 Å². The van der Waals surface area contributed by atoms with Crippen LogP contribution in [0.2, 0.25) is 5.02 Å². The Morgan fingerprint density at radius 3 is 2.59 bits per heavy atom. The molecule has 2 aromatic carbocycles. The normalized spacial score (nSPS) is 18.9. The van der Waals surface area contributed by atoms with Crippen molar-refractivity contribution in [1.82, 2.24) is 14.9 Å². The van der Waals surface area contributed by atoms with E-state index in [9.17, 15) is 4.57 Å². The molecule has 6 rings (SSSR count). The number of aryl methyl sites for hydroxylation is 1. The zero-order valence-electron chi connectivity index (χ0n) is 27.3. The Morgan fingerprint density at radius 2 is 1.85 bits per heavy atom. The van der Waals surface area contributed by atoms with E-state index < -0.39 is 7.14 Å². The molecule has 0 bridgehead atoms. The molecule has 11 nitrogen and oxygen atoms in total. The van der Waals surface area contributed by atoms with Crippen LogP contribution in [0, 0.1) is 6.92 Å². The summed E-state index contributed by atoms with van der Waals surface area (Å²) in [7, 11) is -1.11. The lowest BCUT2D eigenvalue weighted by atomic mass is 10.0. The minimum absolute atomic E-state index is 0.317. The van der Waals surface area contributed by atoms with Gasteiger partial charge < -0.3 is 39.0 Å². The summed E-state index contributed by atoms with van der Waals surface area (Å²) in [5, 5.41) is 7.46. The van der Waals surface area contributed by atoms with Gasteiger partial charge in [0.25, 0.3) is 0 Å². The second-order valence-corrected chi connectivity index (χ2v) is 16.0. The fraction of sp³-hybridized carbons (Fsp3) is 0.515. The number of hydrogen-bond donors (Lipinski definition) is 2. The SMILES string of the molecule is CCO[C@@H]1CCN(C2CCN(c3cc(OC)c(Nc4ncc(Cl)c(Nc5ccc6c(c5P(C)(C)=O)OCCO6)n4)cc3C)CC2)C1. The second kappa shape index (κ2) is 13.9. The van der Waals surface area contributed by atoms with Crippen LogP contribution in [0.5, 0.6) is 17.2 Å². The summed E-state index contributed by atoms with van der Waals surface area (Å²) in [6, 6.07) is 8.38. The molecule has 4 heterocycles. The molecule has 2 fully saturated rings. The predicted molar refractivity (Wildman–Crippen MR) is 185 cm³/mol. The molecule has 3 aliphatic rings. The molecule has 2 N–H and O–H groups in total. The van der Waals surface area contributed by atoms with Gasteiger partial charge in [-0.3, -0.25) is 4.90 Å². The fourth-order valence-electron chi connectivity index (χ4n) is 6.71. The van der Waals surface area contributed by atoms with Gasteiger partial charge in [0.2, 0.25) is 5.95 Å². The first kappa shape index (κ1) is 32.7. The number of ether oxygens (including phenoxy) is 4. The lowest BCUT2D eigenvalue weighted by Crippen LogP contribution is -2.44. The smallest absolute Gasteiger partial charge is 0.229 e. The lowest BCUT2D eigenvalue weighted by molar-refractivity contribution is 0.0626. The van der Waals surface area contributed by atoms with E-state index in [2.05, 4.69) is 56.4 Å². The third-order valence-electron chi connectivity index (χ3n) is 8.88. The average Bonchev–Trinajstić information content (AvgIpc) is 3.51. The maximum Gasteiger partial charge on any atom is 0.229 e. The van der Waals surface area contributed by atoms with Crippen molar-refractivity contribution in [2.24, 2.45) is 0 Å². The van der Waals surface area contributed by atoms with Crippen LogP contribution in [-0.2, 0) is 9.30 Å². The Balaban J connectivity index is 1.18. The number of methoxy groups -OCH3 is 1. The molecule has 3 aromatic rings. The molecule has 13 heteroatoms. The first-order valence-corrected chi connectivity index (χ1v) is 19.0. The van der Waals surface area contributed by atoms with Crippen molar-refractivity contribution in [2.75, 3.05) is 82.0 Å². The molecule has 0 aliphatic carbocycles. The average molecular weight is 671 g/mol. The monoisotopic (exact) mass is 670 g/mol. The van der Waals surface area contributed by atoms with Gasteiger partial charge in [0, 0.05) is 50.6 Å². The highest BCUT2D eigenvalue weighted by molar-refractivity contribution is 7.70. The second-order valence-electron chi connectivity index (χ2n) is 12.4. The van der Waals surface area contributed by atoms with Gasteiger partial charge in [-0.15, -0.1) is 0 Å². The van der Waals surface area contributed by atoms with Crippen molar-refractivity contribution in [1.29, 1.82) is 0 Å². The Morgan fingerprint density at radius 1 is 1.07 bits per heavy atom. The Hall–Kier alpha value is -3.24. The van der Waals surface area contributed by atoms with Crippen LogP contribution in [0.3, 0.4) is 0 Å². The van der Waals surface area contributed by atoms with Gasteiger partial charge in [0.15, 0.2) is 17.3 Å². The third kappa shape index (κ3) is 7.03. The van der Waals surface area contributed by atoms with Gasteiger partial charge in [0.1, 0.15) is 31.1 Å². The predicted octanol–water partition coefficient (Wildman–Crippen LogP) is 6.03. The number of halogens is 1. The molecule has 1 aromatic heterocycles. The van der Waals surface area contributed by atoms with Gasteiger partial charge in [-0.25, -0.2) is 4.98 Å². The largest absolute Gasteiger partial charge is 0.494 e. The zero-order valence-corrected chi connectivity index (χ0v) is 28.9. The number of benzene rings is 2. The molecule has 1 atom stereocenters. The number of nitrogens with one attached hydrogen (secondary N) is 2. The van der Waals surface area contributed by atoms with E-state index in [0.29, 0.717) is 70.4 Å². The van der Waals surface area contributed by atoms with E-state index in [1.807, 2.05) is 6.07 Å². The highest BCUT2D eigenvalue weighted by Crippen LogP contribution is 2.47. The Labute approximate surface area is 276 Å². The Kier molecular flexibility index (Phi) is 9.85. The van der Waals surface area contributed by atoms with Gasteiger partial charge >= 0.3 is 0 Å². The molecule has 2 saturated heterocycles. The van der Waals surface area contributed by atoms with E-state index in [1.165, 1.54) is 11.9 Å². The van der Waals surface area contributed by atoms with E-state index in [1.54, 1.807) is 26.5 Å². The van der Waals surface area contributed by atoms with Crippen LogP contribution in [0.4, 0.5) is 28.8 Å². The van der Waals surface area contributed by atoms with Crippen LogP contribution in [0.15, 0.2) is 30.5 Å². The minimum Gasteiger partial charge on any atom is -0.494 e. The number of piperidine rings is 1. The molecule has 0 unspecified atom stereocenters. The highest BCUT2D eigenvalue weighted by Gasteiger charge is 2.32. The fourth-order valence-corrected chi connectivity index (χ4v) is 8.23. The molecular formula is C33H44ClN6O5P. The van der Waals surface area contributed by atoms with Crippen molar-refractivity contribution in [3.8, 4) is 17.2 Å². The molecule has 248 valence electrons. The molecule has 0 spiro atoms. The van der Waals surface area contributed by atoms with Gasteiger partial charge in [0.05, 0.1) is 36.1 Å². The number of fused-ring (bicyclic) bond motifs is 1. The van der Waals surface area contributed by atoms with E-state index in [-0.39, 0.29) is 0 Å². The summed E-state index contributed by atoms with van der Waals surface area (Å²) in [4.78, 5) is 14.2. The van der Waals surface area contributed by atoms with Gasteiger partial charge in [-0.05, 0) is 70.2 Å². The number of hydrogen-bond acceptors (Lipinski definition) is 11. The van der Waals surface area contributed by atoms with Crippen LogP contribution in [0.25, 0.3) is 0 Å². The van der Waals surface area contributed by atoms with E-state index >= 15 is 0 Å². The zero-order chi connectivity index (χ0) is 32.4. The van der Waals surface area contributed by atoms with E-state index in [4.69, 9.17) is 30.5 Å². The molecule has 0 saturated carbocycles. The number of likely N-dealkylation sites (tertiary alicyclic amines) is 1. The number of anilines is 5. The van der Waals surface area contributed by atoms with Crippen LogP contribution >= 0.6 is 18.7 Å². The molecule has 46 heavy (non-hydrogen) atoms. The van der Waals surface area contributed by atoms with Gasteiger partial charge in [-0.2, -0.15) is 4.98 Å². The number of rotatable bonds is 10. The first-order valence-electron chi connectivity index (χ1n) is 16.0. The summed E-state index contributed by atoms with van der Waals surface area (Å²) >= 11 is 6.54. The first-order chi connectivity index (χ1) is 22.1. The standard InChI is InChI=1S/C33H44ClN6O5P/c1-6-43-23-11-14-40(20-23)22-9-12-39(13-10-22)27-18-29(42-3)26(17-21(27)2)37-33-35-19-24(34)32(38-33)36-25-7-8-28-30(45-16-15-44-28)31(25)46(4,5)41/h7-8,17-19,22-23H,6,9-16,20H2,1-5H3,(H2,35,36,37,38)/t23-/m1/s1. The van der Waals surface area contributed by atoms with Crippen molar-refractivity contribution < 1.29 is 23.5 Å². The minimum atomic E-state index is -2.78. The number of aromatic nitrogens is 2. The molecule has 0 amide bonds. The maximum atomic E-state index is 13.4. The van der Waals surface area contributed by atoms with Crippen LogP contribution < -0.4 is 35.0 Å². The molecule has 0 radical (unpaired) electrons. The molecular weight excluding hydrogens is 627 g/mol. The summed E-state index contributed by atoms with van der Waals surface area (Å²) in [5.41, 5.74) is 3.64. The van der Waals surface area contributed by atoms with Crippen molar-refractivity contribution in [2.45, 2.75) is 45.3 Å². The lowest BCUT2D eigenvalue weighted by Gasteiger charge is -2.38. The highest BCUT2D eigenvalue weighted by atomic mass is 35.5. The summed E-state index contributed by atoms with van der Waals surface area (Å²) in [6.45, 7) is 13.4. The summed E-state index contributed by atoms with van der Waals surface area (Å²) in [6.07, 6.45) is 5.30.